The SMILES string of the molecule is O=C(Nc1ccc(F)c(C#CCCO)c1)C1CCOCC1. The first-order valence-corrected chi connectivity index (χ1v) is 6.98. The van der Waals surface area contributed by atoms with Gasteiger partial charge in [0.15, 0.2) is 0 Å². The first-order valence-electron chi connectivity index (χ1n) is 6.98. The largest absolute Gasteiger partial charge is 0.395 e. The van der Waals surface area contributed by atoms with E-state index in [0.717, 1.165) is 0 Å². The summed E-state index contributed by atoms with van der Waals surface area (Å²) in [6.07, 6.45) is 1.70. The molecular formula is C16H18FNO3. The molecule has 1 aromatic rings. The standard InChI is InChI=1S/C16H18FNO3/c17-15-5-4-14(11-13(15)3-1-2-8-19)18-16(20)12-6-9-21-10-7-12/h4-5,11-12,19H,2,6-10H2,(H,18,20). The lowest BCUT2D eigenvalue weighted by Gasteiger charge is -2.21. The summed E-state index contributed by atoms with van der Waals surface area (Å²) in [7, 11) is 0. The van der Waals surface area contributed by atoms with Gasteiger partial charge in [-0.3, -0.25) is 4.79 Å². The number of anilines is 1. The van der Waals surface area contributed by atoms with Crippen LogP contribution in [-0.4, -0.2) is 30.8 Å². The highest BCUT2D eigenvalue weighted by Crippen LogP contribution is 2.19. The molecule has 1 aliphatic rings. The Morgan fingerprint density at radius 3 is 2.90 bits per heavy atom. The maximum atomic E-state index is 13.6. The highest BCUT2D eigenvalue weighted by molar-refractivity contribution is 5.92. The molecule has 1 fully saturated rings. The summed E-state index contributed by atoms with van der Waals surface area (Å²) < 4.78 is 18.8. The molecule has 1 aliphatic heterocycles. The molecular weight excluding hydrogens is 273 g/mol. The van der Waals surface area contributed by atoms with Crippen LogP contribution in [0.3, 0.4) is 0 Å². The van der Waals surface area contributed by atoms with Crippen LogP contribution in [0.25, 0.3) is 0 Å². The lowest BCUT2D eigenvalue weighted by atomic mass is 9.99. The van der Waals surface area contributed by atoms with E-state index in [9.17, 15) is 9.18 Å². The number of hydrogen-bond donors (Lipinski definition) is 2. The van der Waals surface area contributed by atoms with E-state index >= 15 is 0 Å². The van der Waals surface area contributed by atoms with Crippen molar-refractivity contribution in [2.24, 2.45) is 5.92 Å². The minimum Gasteiger partial charge on any atom is -0.395 e. The number of ether oxygens (including phenoxy) is 1. The minimum atomic E-state index is -0.440. The van der Waals surface area contributed by atoms with Crippen molar-refractivity contribution < 1.29 is 19.0 Å². The zero-order chi connectivity index (χ0) is 15.1. The van der Waals surface area contributed by atoms with E-state index in [0.29, 0.717) is 31.7 Å². The van der Waals surface area contributed by atoms with Crippen LogP contribution in [0.15, 0.2) is 18.2 Å². The maximum Gasteiger partial charge on any atom is 0.227 e. The average Bonchev–Trinajstić information content (AvgIpc) is 2.51. The highest BCUT2D eigenvalue weighted by Gasteiger charge is 2.21. The predicted molar refractivity (Wildman–Crippen MR) is 77.2 cm³/mol. The van der Waals surface area contributed by atoms with Crippen molar-refractivity contribution in [1.82, 2.24) is 0 Å². The van der Waals surface area contributed by atoms with Crippen LogP contribution in [0.4, 0.5) is 10.1 Å². The normalized spacial score (nSPS) is 15.1. The molecule has 0 unspecified atom stereocenters. The molecule has 4 nitrogen and oxygen atoms in total. The molecule has 1 heterocycles. The van der Waals surface area contributed by atoms with E-state index in [1.165, 1.54) is 18.2 Å². The summed E-state index contributed by atoms with van der Waals surface area (Å²) in [5.41, 5.74) is 0.745. The van der Waals surface area contributed by atoms with Gasteiger partial charge in [0.25, 0.3) is 0 Å². The van der Waals surface area contributed by atoms with Crippen molar-refractivity contribution in [3.8, 4) is 11.8 Å². The Morgan fingerprint density at radius 2 is 2.19 bits per heavy atom. The van der Waals surface area contributed by atoms with Crippen LogP contribution in [0.2, 0.25) is 0 Å². The summed E-state index contributed by atoms with van der Waals surface area (Å²) in [5, 5.41) is 11.5. The smallest absolute Gasteiger partial charge is 0.227 e. The van der Waals surface area contributed by atoms with Gasteiger partial charge in [-0.25, -0.2) is 4.39 Å². The third-order valence-electron chi connectivity index (χ3n) is 3.29. The molecule has 5 heteroatoms. The first-order chi connectivity index (χ1) is 10.2. The second-order valence-electron chi connectivity index (χ2n) is 4.85. The second-order valence-corrected chi connectivity index (χ2v) is 4.85. The molecule has 1 saturated heterocycles. The van der Waals surface area contributed by atoms with Gasteiger partial charge in [0.05, 0.1) is 12.2 Å². The molecule has 0 aromatic heterocycles. The van der Waals surface area contributed by atoms with Crippen LogP contribution in [0.1, 0.15) is 24.8 Å². The van der Waals surface area contributed by atoms with Crippen molar-refractivity contribution in [2.45, 2.75) is 19.3 Å². The molecule has 112 valence electrons. The minimum absolute atomic E-state index is 0.0607. The molecule has 0 bridgehead atoms. The molecule has 0 saturated carbocycles. The number of amides is 1. The zero-order valence-electron chi connectivity index (χ0n) is 11.7. The van der Waals surface area contributed by atoms with E-state index < -0.39 is 5.82 Å². The fraction of sp³-hybridized carbons (Fsp3) is 0.438. The first kappa shape index (κ1) is 15.5. The lowest BCUT2D eigenvalue weighted by molar-refractivity contribution is -0.122. The van der Waals surface area contributed by atoms with Gasteiger partial charge in [-0.05, 0) is 31.0 Å². The number of nitrogens with one attached hydrogen (secondary N) is 1. The molecule has 0 aliphatic carbocycles. The average molecular weight is 291 g/mol. The molecule has 0 atom stereocenters. The number of halogens is 1. The molecule has 1 amide bonds. The van der Waals surface area contributed by atoms with E-state index in [1.807, 2.05) is 0 Å². The number of rotatable bonds is 3. The van der Waals surface area contributed by atoms with Crippen molar-refractivity contribution in [1.29, 1.82) is 0 Å². The maximum absolute atomic E-state index is 13.6. The van der Waals surface area contributed by atoms with Gasteiger partial charge in [-0.1, -0.05) is 11.8 Å². The van der Waals surface area contributed by atoms with Crippen molar-refractivity contribution >= 4 is 11.6 Å². The van der Waals surface area contributed by atoms with Crippen LogP contribution in [0, 0.1) is 23.6 Å². The highest BCUT2D eigenvalue weighted by atomic mass is 19.1. The Labute approximate surface area is 123 Å². The number of carbonyl (C=O) groups excluding carboxylic acids is 1. The van der Waals surface area contributed by atoms with Gasteiger partial charge in [0.1, 0.15) is 5.82 Å². The van der Waals surface area contributed by atoms with Gasteiger partial charge < -0.3 is 15.2 Å². The van der Waals surface area contributed by atoms with Gasteiger partial charge in [0, 0.05) is 31.2 Å². The summed E-state index contributed by atoms with van der Waals surface area (Å²) >= 11 is 0. The Balaban J connectivity index is 2.04. The Kier molecular flexibility index (Phi) is 5.73. The third kappa shape index (κ3) is 4.55. The van der Waals surface area contributed by atoms with Gasteiger partial charge in [-0.15, -0.1) is 0 Å². The quantitative estimate of drug-likeness (QED) is 0.837. The topological polar surface area (TPSA) is 58.6 Å². The van der Waals surface area contributed by atoms with Gasteiger partial charge in [0.2, 0.25) is 5.91 Å². The Morgan fingerprint density at radius 1 is 1.43 bits per heavy atom. The number of hydrogen-bond acceptors (Lipinski definition) is 3. The lowest BCUT2D eigenvalue weighted by Crippen LogP contribution is -2.28. The van der Waals surface area contributed by atoms with E-state index in [-0.39, 0.29) is 30.4 Å². The molecule has 0 radical (unpaired) electrons. The molecule has 0 spiro atoms. The number of aliphatic hydroxyl groups excluding tert-OH is 1. The fourth-order valence-electron chi connectivity index (χ4n) is 2.12. The second kappa shape index (κ2) is 7.77. The third-order valence-corrected chi connectivity index (χ3v) is 3.29. The van der Waals surface area contributed by atoms with Gasteiger partial charge >= 0.3 is 0 Å². The Hall–Kier alpha value is -1.90. The number of carbonyl (C=O) groups is 1. The number of benzene rings is 1. The molecule has 2 N–H and O–H groups in total. The fourth-order valence-corrected chi connectivity index (χ4v) is 2.12. The van der Waals surface area contributed by atoms with E-state index in [1.54, 1.807) is 0 Å². The summed E-state index contributed by atoms with van der Waals surface area (Å²) in [6, 6.07) is 4.31. The van der Waals surface area contributed by atoms with Crippen molar-refractivity contribution in [3.05, 3.63) is 29.6 Å². The summed E-state index contributed by atoms with van der Waals surface area (Å²) in [4.78, 5) is 12.1. The summed E-state index contributed by atoms with van der Waals surface area (Å²) in [5.74, 6) is 4.74. The van der Waals surface area contributed by atoms with Crippen LogP contribution in [0.5, 0.6) is 0 Å². The predicted octanol–water partition coefficient (Wildman–Crippen LogP) is 1.92. The van der Waals surface area contributed by atoms with Crippen molar-refractivity contribution in [3.63, 3.8) is 0 Å². The van der Waals surface area contributed by atoms with E-state index in [4.69, 9.17) is 9.84 Å². The molecule has 21 heavy (non-hydrogen) atoms. The van der Waals surface area contributed by atoms with Crippen LogP contribution >= 0.6 is 0 Å². The van der Waals surface area contributed by atoms with Crippen LogP contribution in [-0.2, 0) is 9.53 Å². The number of aliphatic hydroxyl groups is 1. The van der Waals surface area contributed by atoms with Crippen molar-refractivity contribution in [2.75, 3.05) is 25.1 Å². The summed E-state index contributed by atoms with van der Waals surface area (Å²) in [6.45, 7) is 1.13. The Bertz CT molecular complexity index is 556. The van der Waals surface area contributed by atoms with Crippen LogP contribution < -0.4 is 5.32 Å². The van der Waals surface area contributed by atoms with Gasteiger partial charge in [-0.2, -0.15) is 0 Å². The monoisotopic (exact) mass is 291 g/mol. The van der Waals surface area contributed by atoms with E-state index in [2.05, 4.69) is 17.2 Å². The molecule has 1 aromatic carbocycles. The zero-order valence-corrected chi connectivity index (χ0v) is 11.7. The molecule has 2 rings (SSSR count).